The molecule has 0 saturated carbocycles. The van der Waals surface area contributed by atoms with E-state index in [1.54, 1.807) is 21.1 Å². The number of hydrogen-bond donors (Lipinski definition) is 0. The molecule has 0 N–H and O–H groups in total. The molecular weight excluding hydrogens is 312 g/mol. The highest BCUT2D eigenvalue weighted by Gasteiger charge is 2.31. The van der Waals surface area contributed by atoms with Gasteiger partial charge in [0.05, 0.1) is 6.54 Å². The van der Waals surface area contributed by atoms with E-state index in [1.165, 1.54) is 4.88 Å². The first-order chi connectivity index (χ1) is 10.8. The second-order valence-corrected chi connectivity index (χ2v) is 8.05. The Hall–Kier alpha value is -1.56. The summed E-state index contributed by atoms with van der Waals surface area (Å²) in [5.41, 5.74) is -0.481. The first-order valence-corrected chi connectivity index (χ1v) is 8.89. The van der Waals surface area contributed by atoms with Crippen LogP contribution in [0.3, 0.4) is 0 Å². The Morgan fingerprint density at radius 3 is 2.52 bits per heavy atom. The van der Waals surface area contributed by atoms with E-state index in [9.17, 15) is 9.59 Å². The van der Waals surface area contributed by atoms with Gasteiger partial charge in [0.2, 0.25) is 5.91 Å². The Morgan fingerprint density at radius 2 is 2.00 bits per heavy atom. The highest BCUT2D eigenvalue weighted by atomic mass is 32.1. The molecule has 2 heterocycles. The van der Waals surface area contributed by atoms with Crippen molar-refractivity contribution >= 4 is 23.3 Å². The van der Waals surface area contributed by atoms with Crippen molar-refractivity contribution in [1.82, 2.24) is 9.80 Å². The van der Waals surface area contributed by atoms with Crippen LogP contribution < -0.4 is 0 Å². The van der Waals surface area contributed by atoms with Crippen molar-refractivity contribution in [3.05, 3.63) is 22.4 Å². The average Bonchev–Trinajstić information content (AvgIpc) is 2.97. The van der Waals surface area contributed by atoms with Gasteiger partial charge >= 0.3 is 6.09 Å². The van der Waals surface area contributed by atoms with Gasteiger partial charge in [-0.2, -0.15) is 0 Å². The normalized spacial score (nSPS) is 16.3. The van der Waals surface area contributed by atoms with Gasteiger partial charge in [0, 0.05) is 30.9 Å². The number of hydrogen-bond acceptors (Lipinski definition) is 4. The molecule has 1 saturated heterocycles. The molecule has 0 atom stereocenters. The van der Waals surface area contributed by atoms with E-state index in [4.69, 9.17) is 4.74 Å². The van der Waals surface area contributed by atoms with Crippen molar-refractivity contribution in [2.45, 2.75) is 45.8 Å². The summed E-state index contributed by atoms with van der Waals surface area (Å²) in [7, 11) is 1.85. The van der Waals surface area contributed by atoms with Crippen LogP contribution in [0.2, 0.25) is 0 Å². The maximum absolute atomic E-state index is 12.5. The Labute approximate surface area is 142 Å². The summed E-state index contributed by atoms with van der Waals surface area (Å²) < 4.78 is 5.38. The molecule has 6 heteroatoms. The summed E-state index contributed by atoms with van der Waals surface area (Å²) >= 11 is 1.66. The van der Waals surface area contributed by atoms with Crippen LogP contribution in [0, 0.1) is 5.92 Å². The van der Waals surface area contributed by atoms with Gasteiger partial charge < -0.3 is 14.5 Å². The molecule has 0 aliphatic carbocycles. The predicted octanol–water partition coefficient (Wildman–Crippen LogP) is 3.35. The lowest BCUT2D eigenvalue weighted by Crippen LogP contribution is -2.45. The van der Waals surface area contributed by atoms with Gasteiger partial charge in [-0.05, 0) is 45.1 Å². The van der Waals surface area contributed by atoms with Crippen LogP contribution in [0.1, 0.15) is 38.5 Å². The molecule has 1 fully saturated rings. The Kier molecular flexibility index (Phi) is 5.68. The zero-order valence-corrected chi connectivity index (χ0v) is 15.2. The van der Waals surface area contributed by atoms with Crippen molar-refractivity contribution < 1.29 is 14.3 Å². The van der Waals surface area contributed by atoms with Crippen molar-refractivity contribution in [2.24, 2.45) is 5.92 Å². The predicted molar refractivity (Wildman–Crippen MR) is 91.3 cm³/mol. The summed E-state index contributed by atoms with van der Waals surface area (Å²) in [6, 6.07) is 4.04. The van der Waals surface area contributed by atoms with Gasteiger partial charge in [-0.25, -0.2) is 4.79 Å². The number of nitrogens with zero attached hydrogens (tertiary/aromatic N) is 2. The fourth-order valence-electron chi connectivity index (χ4n) is 2.66. The van der Waals surface area contributed by atoms with Crippen LogP contribution in [0.4, 0.5) is 4.79 Å². The van der Waals surface area contributed by atoms with Crippen molar-refractivity contribution in [3.63, 3.8) is 0 Å². The first-order valence-electron chi connectivity index (χ1n) is 8.01. The van der Waals surface area contributed by atoms with Crippen molar-refractivity contribution in [2.75, 3.05) is 20.1 Å². The molecule has 128 valence electrons. The molecule has 0 spiro atoms. The van der Waals surface area contributed by atoms with Gasteiger partial charge in [0.1, 0.15) is 5.60 Å². The number of amides is 2. The molecule has 5 nitrogen and oxygen atoms in total. The molecule has 0 aromatic carbocycles. The second-order valence-electron chi connectivity index (χ2n) is 7.02. The molecule has 2 amide bonds. The van der Waals surface area contributed by atoms with Gasteiger partial charge in [-0.15, -0.1) is 11.3 Å². The number of piperidine rings is 1. The van der Waals surface area contributed by atoms with Crippen LogP contribution in [0.25, 0.3) is 0 Å². The van der Waals surface area contributed by atoms with E-state index in [2.05, 4.69) is 0 Å². The van der Waals surface area contributed by atoms with Gasteiger partial charge in [0.15, 0.2) is 0 Å². The third-order valence-corrected chi connectivity index (χ3v) is 4.71. The molecule has 0 radical (unpaired) electrons. The van der Waals surface area contributed by atoms with Crippen LogP contribution in [-0.2, 0) is 16.1 Å². The second kappa shape index (κ2) is 7.34. The molecule has 1 aromatic rings. The van der Waals surface area contributed by atoms with E-state index in [-0.39, 0.29) is 17.9 Å². The largest absolute Gasteiger partial charge is 0.444 e. The molecule has 23 heavy (non-hydrogen) atoms. The minimum Gasteiger partial charge on any atom is -0.444 e. The SMILES string of the molecule is CN(Cc1cccs1)C(=O)C1CCN(C(=O)OC(C)(C)C)CC1. The average molecular weight is 338 g/mol. The number of rotatable bonds is 3. The minimum absolute atomic E-state index is 0.00125. The standard InChI is InChI=1S/C17H26N2O3S/c1-17(2,3)22-16(21)19-9-7-13(8-10-19)15(20)18(4)12-14-6-5-11-23-14/h5-6,11,13H,7-10,12H2,1-4H3. The topological polar surface area (TPSA) is 49.9 Å². The smallest absolute Gasteiger partial charge is 0.410 e. The maximum atomic E-state index is 12.5. The molecule has 2 rings (SSSR count). The minimum atomic E-state index is -0.481. The lowest BCUT2D eigenvalue weighted by atomic mass is 9.95. The van der Waals surface area contributed by atoms with Crippen molar-refractivity contribution in [3.8, 4) is 0 Å². The number of likely N-dealkylation sites (tertiary alicyclic amines) is 1. The Morgan fingerprint density at radius 1 is 1.35 bits per heavy atom. The van der Waals surface area contributed by atoms with Crippen LogP contribution >= 0.6 is 11.3 Å². The van der Waals surface area contributed by atoms with Crippen LogP contribution in [0.15, 0.2) is 17.5 Å². The fraction of sp³-hybridized carbons (Fsp3) is 0.647. The van der Waals surface area contributed by atoms with Gasteiger partial charge in [-0.1, -0.05) is 6.07 Å². The zero-order chi connectivity index (χ0) is 17.0. The number of thiophene rings is 1. The van der Waals surface area contributed by atoms with E-state index >= 15 is 0 Å². The monoisotopic (exact) mass is 338 g/mol. The number of carbonyl (C=O) groups excluding carboxylic acids is 2. The highest BCUT2D eigenvalue weighted by Crippen LogP contribution is 2.22. The molecule has 1 aromatic heterocycles. The van der Waals surface area contributed by atoms with E-state index < -0.39 is 5.60 Å². The number of ether oxygens (including phenoxy) is 1. The Bertz CT molecular complexity index is 529. The molecule has 1 aliphatic rings. The lowest BCUT2D eigenvalue weighted by Gasteiger charge is -2.34. The van der Waals surface area contributed by atoms with E-state index in [0.29, 0.717) is 32.5 Å². The fourth-order valence-corrected chi connectivity index (χ4v) is 3.42. The zero-order valence-electron chi connectivity index (χ0n) is 14.4. The van der Waals surface area contributed by atoms with Gasteiger partial charge in [-0.3, -0.25) is 4.79 Å². The van der Waals surface area contributed by atoms with Crippen LogP contribution in [-0.4, -0.2) is 47.5 Å². The van der Waals surface area contributed by atoms with Crippen LogP contribution in [0.5, 0.6) is 0 Å². The summed E-state index contributed by atoms with van der Waals surface area (Å²) in [6.07, 6.45) is 1.12. The molecular formula is C17H26N2O3S. The van der Waals surface area contributed by atoms with Gasteiger partial charge in [0.25, 0.3) is 0 Å². The molecule has 1 aliphatic heterocycles. The summed E-state index contributed by atoms with van der Waals surface area (Å²) in [4.78, 5) is 29.3. The maximum Gasteiger partial charge on any atom is 0.410 e. The third kappa shape index (κ3) is 5.23. The number of carbonyl (C=O) groups is 2. The third-order valence-electron chi connectivity index (χ3n) is 3.85. The molecule has 0 bridgehead atoms. The van der Waals surface area contributed by atoms with E-state index in [1.807, 2.05) is 45.3 Å². The first kappa shape index (κ1) is 17.8. The summed E-state index contributed by atoms with van der Waals surface area (Å²) in [5.74, 6) is 0.167. The van der Waals surface area contributed by atoms with Crippen molar-refractivity contribution in [1.29, 1.82) is 0 Å². The summed E-state index contributed by atoms with van der Waals surface area (Å²) in [5, 5.41) is 2.02. The summed E-state index contributed by atoms with van der Waals surface area (Å²) in [6.45, 7) is 7.40. The van der Waals surface area contributed by atoms with E-state index in [0.717, 1.165) is 0 Å². The lowest BCUT2D eigenvalue weighted by molar-refractivity contribution is -0.136. The quantitative estimate of drug-likeness (QED) is 0.849. The Balaban J connectivity index is 1.81. The highest BCUT2D eigenvalue weighted by molar-refractivity contribution is 7.09. The molecule has 0 unspecified atom stereocenters.